The number of likely N-dealkylation sites (tertiary alicyclic amines) is 1. The van der Waals surface area contributed by atoms with Crippen molar-refractivity contribution < 1.29 is 9.59 Å². The summed E-state index contributed by atoms with van der Waals surface area (Å²) in [5.74, 6) is -0.0669. The number of carbonyl (C=O) groups excluding carboxylic acids is 2. The molecule has 1 saturated heterocycles. The van der Waals surface area contributed by atoms with E-state index in [9.17, 15) is 9.59 Å². The van der Waals surface area contributed by atoms with Gasteiger partial charge in [-0.3, -0.25) is 9.59 Å². The highest BCUT2D eigenvalue weighted by Crippen LogP contribution is 2.21. The van der Waals surface area contributed by atoms with E-state index in [0.717, 1.165) is 36.1 Å². The summed E-state index contributed by atoms with van der Waals surface area (Å²) in [5.41, 5.74) is 2.22. The van der Waals surface area contributed by atoms with Gasteiger partial charge in [0.2, 0.25) is 5.91 Å². The Bertz CT molecular complexity index is 784. The molecule has 0 unspecified atom stereocenters. The number of carbonyl (C=O) groups is 2. The molecule has 1 aliphatic rings. The van der Waals surface area contributed by atoms with Crippen LogP contribution in [0.15, 0.2) is 53.0 Å². The van der Waals surface area contributed by atoms with Gasteiger partial charge in [0.25, 0.3) is 5.91 Å². The molecule has 142 valence electrons. The summed E-state index contributed by atoms with van der Waals surface area (Å²) in [6, 6.07) is 14.8. The van der Waals surface area contributed by atoms with Crippen molar-refractivity contribution in [3.05, 3.63) is 58.6 Å². The van der Waals surface area contributed by atoms with Crippen LogP contribution < -0.4 is 10.6 Å². The highest BCUT2D eigenvalue weighted by Gasteiger charge is 2.17. The Morgan fingerprint density at radius 3 is 2.26 bits per heavy atom. The van der Waals surface area contributed by atoms with E-state index >= 15 is 0 Å². The van der Waals surface area contributed by atoms with Crippen LogP contribution in [0.2, 0.25) is 0 Å². The van der Waals surface area contributed by atoms with E-state index in [2.05, 4.69) is 26.6 Å². The van der Waals surface area contributed by atoms with Crippen molar-refractivity contribution in [3.8, 4) is 0 Å². The van der Waals surface area contributed by atoms with Crippen molar-refractivity contribution in [2.45, 2.75) is 25.7 Å². The predicted molar refractivity (Wildman–Crippen MR) is 112 cm³/mol. The maximum atomic E-state index is 12.6. The summed E-state index contributed by atoms with van der Waals surface area (Å²) in [7, 11) is 0. The highest BCUT2D eigenvalue weighted by atomic mass is 79.9. The minimum atomic E-state index is -0.141. The van der Waals surface area contributed by atoms with Crippen LogP contribution in [0.5, 0.6) is 0 Å². The predicted octanol–water partition coefficient (Wildman–Crippen LogP) is 4.52. The van der Waals surface area contributed by atoms with Gasteiger partial charge in [0.1, 0.15) is 0 Å². The molecule has 0 bridgehead atoms. The Balaban J connectivity index is 1.53. The molecule has 0 aliphatic carbocycles. The zero-order valence-corrected chi connectivity index (χ0v) is 16.8. The average molecular weight is 430 g/mol. The molecule has 1 fully saturated rings. The number of nitrogens with one attached hydrogen (secondary N) is 2. The van der Waals surface area contributed by atoms with E-state index < -0.39 is 0 Å². The van der Waals surface area contributed by atoms with Crippen molar-refractivity contribution in [1.29, 1.82) is 0 Å². The topological polar surface area (TPSA) is 61.4 Å². The van der Waals surface area contributed by atoms with Gasteiger partial charge in [-0.2, -0.15) is 0 Å². The lowest BCUT2D eigenvalue weighted by Gasteiger charge is -2.20. The quantitative estimate of drug-likeness (QED) is 0.734. The number of benzene rings is 2. The van der Waals surface area contributed by atoms with Crippen molar-refractivity contribution in [2.24, 2.45) is 0 Å². The third-order valence-corrected chi connectivity index (χ3v) is 5.31. The molecule has 1 heterocycles. The first kappa shape index (κ1) is 19.4. The molecule has 0 saturated carbocycles. The lowest BCUT2D eigenvalue weighted by Crippen LogP contribution is -2.31. The maximum absolute atomic E-state index is 12.6. The fraction of sp³-hybridized carbons (Fsp3) is 0.333. The SMILES string of the molecule is O=C(CNc1ccccc1Br)Nc1ccc(C(=O)N2CCCCCC2)cc1. The lowest BCUT2D eigenvalue weighted by molar-refractivity contribution is -0.114. The Morgan fingerprint density at radius 2 is 1.59 bits per heavy atom. The summed E-state index contributed by atoms with van der Waals surface area (Å²) >= 11 is 3.44. The van der Waals surface area contributed by atoms with Gasteiger partial charge in [0, 0.05) is 34.5 Å². The zero-order chi connectivity index (χ0) is 19.1. The van der Waals surface area contributed by atoms with Gasteiger partial charge in [0.15, 0.2) is 0 Å². The first-order valence-electron chi connectivity index (χ1n) is 9.31. The van der Waals surface area contributed by atoms with Crippen LogP contribution in [0.3, 0.4) is 0 Å². The molecular weight excluding hydrogens is 406 g/mol. The first-order valence-corrected chi connectivity index (χ1v) is 10.1. The molecule has 2 amide bonds. The lowest BCUT2D eigenvalue weighted by atomic mass is 10.1. The van der Waals surface area contributed by atoms with Crippen LogP contribution in [0.1, 0.15) is 36.0 Å². The second-order valence-corrected chi connectivity index (χ2v) is 7.52. The minimum Gasteiger partial charge on any atom is -0.375 e. The normalized spacial score (nSPS) is 14.3. The molecule has 0 aromatic heterocycles. The summed E-state index contributed by atoms with van der Waals surface area (Å²) in [6.45, 7) is 1.83. The molecule has 1 aliphatic heterocycles. The molecule has 0 atom stereocenters. The Labute approximate surface area is 168 Å². The molecule has 6 heteroatoms. The van der Waals surface area contributed by atoms with Crippen molar-refractivity contribution in [2.75, 3.05) is 30.3 Å². The van der Waals surface area contributed by atoms with Crippen molar-refractivity contribution in [1.82, 2.24) is 4.90 Å². The molecule has 2 aromatic carbocycles. The number of nitrogens with zero attached hydrogens (tertiary/aromatic N) is 1. The molecule has 0 radical (unpaired) electrons. The second-order valence-electron chi connectivity index (χ2n) is 6.67. The molecule has 0 spiro atoms. The fourth-order valence-electron chi connectivity index (χ4n) is 3.14. The number of amides is 2. The zero-order valence-electron chi connectivity index (χ0n) is 15.2. The molecule has 3 rings (SSSR count). The van der Waals surface area contributed by atoms with E-state index in [4.69, 9.17) is 0 Å². The molecule has 27 heavy (non-hydrogen) atoms. The second kappa shape index (κ2) is 9.55. The Morgan fingerprint density at radius 1 is 0.926 bits per heavy atom. The number of para-hydroxylation sites is 1. The molecule has 5 nitrogen and oxygen atoms in total. The van der Waals surface area contributed by atoms with Crippen LogP contribution in [-0.2, 0) is 4.79 Å². The number of halogens is 1. The number of hydrogen-bond acceptors (Lipinski definition) is 3. The first-order chi connectivity index (χ1) is 13.1. The smallest absolute Gasteiger partial charge is 0.253 e. The number of anilines is 2. The van der Waals surface area contributed by atoms with Crippen LogP contribution in [-0.4, -0.2) is 36.3 Å². The minimum absolute atomic E-state index is 0.0744. The summed E-state index contributed by atoms with van der Waals surface area (Å²) < 4.78 is 0.911. The monoisotopic (exact) mass is 429 g/mol. The summed E-state index contributed by atoms with van der Waals surface area (Å²) in [6.07, 6.45) is 4.54. The van der Waals surface area contributed by atoms with E-state index in [1.54, 1.807) is 24.3 Å². The molecular formula is C21H24BrN3O2. The number of rotatable bonds is 5. The third-order valence-electron chi connectivity index (χ3n) is 4.62. The molecule has 2 aromatic rings. The largest absolute Gasteiger partial charge is 0.375 e. The molecule has 2 N–H and O–H groups in total. The van der Waals surface area contributed by atoms with Crippen LogP contribution in [0.25, 0.3) is 0 Å². The standard InChI is InChI=1S/C21H24BrN3O2/c22-18-7-3-4-8-19(18)23-15-20(26)24-17-11-9-16(10-12-17)21(27)25-13-5-1-2-6-14-25/h3-4,7-12,23H,1-2,5-6,13-15H2,(H,24,26). The van der Waals surface area contributed by atoms with Gasteiger partial charge in [-0.05, 0) is 65.2 Å². The Kier molecular flexibility index (Phi) is 6.87. The van der Waals surface area contributed by atoms with Crippen LogP contribution in [0.4, 0.5) is 11.4 Å². The number of hydrogen-bond donors (Lipinski definition) is 2. The van der Waals surface area contributed by atoms with Gasteiger partial charge in [-0.25, -0.2) is 0 Å². The van der Waals surface area contributed by atoms with Gasteiger partial charge < -0.3 is 15.5 Å². The van der Waals surface area contributed by atoms with Gasteiger partial charge >= 0.3 is 0 Å². The summed E-state index contributed by atoms with van der Waals surface area (Å²) in [5, 5.41) is 5.94. The van der Waals surface area contributed by atoms with Crippen molar-refractivity contribution >= 4 is 39.1 Å². The van der Waals surface area contributed by atoms with Gasteiger partial charge in [0.05, 0.1) is 6.54 Å². The third kappa shape index (κ3) is 5.57. The van der Waals surface area contributed by atoms with E-state index in [-0.39, 0.29) is 18.4 Å². The van der Waals surface area contributed by atoms with Crippen LogP contribution in [0, 0.1) is 0 Å². The summed E-state index contributed by atoms with van der Waals surface area (Å²) in [4.78, 5) is 26.7. The highest BCUT2D eigenvalue weighted by molar-refractivity contribution is 9.10. The van der Waals surface area contributed by atoms with Gasteiger partial charge in [-0.15, -0.1) is 0 Å². The van der Waals surface area contributed by atoms with E-state index in [1.165, 1.54) is 12.8 Å². The fourth-order valence-corrected chi connectivity index (χ4v) is 3.56. The van der Waals surface area contributed by atoms with Crippen molar-refractivity contribution in [3.63, 3.8) is 0 Å². The van der Waals surface area contributed by atoms with E-state index in [0.29, 0.717) is 11.3 Å². The van der Waals surface area contributed by atoms with E-state index in [1.807, 2.05) is 29.2 Å². The van der Waals surface area contributed by atoms with Crippen LogP contribution >= 0.6 is 15.9 Å². The Hall–Kier alpha value is -2.34. The maximum Gasteiger partial charge on any atom is 0.253 e. The average Bonchev–Trinajstić information content (AvgIpc) is 2.97. The van der Waals surface area contributed by atoms with Gasteiger partial charge in [-0.1, -0.05) is 25.0 Å².